The van der Waals surface area contributed by atoms with Gasteiger partial charge in [-0.1, -0.05) is 104 Å². The molecule has 0 radical (unpaired) electrons. The van der Waals surface area contributed by atoms with Crippen LogP contribution < -0.4 is 40.6 Å². The summed E-state index contributed by atoms with van der Waals surface area (Å²) in [6.45, 7) is 0.972. The van der Waals surface area contributed by atoms with Gasteiger partial charge in [0.25, 0.3) is 0 Å². The van der Waals surface area contributed by atoms with Crippen molar-refractivity contribution in [3.05, 3.63) is 71.8 Å². The molecule has 2 aromatic rings. The van der Waals surface area contributed by atoms with Crippen LogP contribution in [0.15, 0.2) is 65.8 Å². The van der Waals surface area contributed by atoms with Gasteiger partial charge in [0.05, 0.1) is 5.71 Å². The van der Waals surface area contributed by atoms with Crippen molar-refractivity contribution < 1.29 is 54.7 Å². The van der Waals surface area contributed by atoms with Crippen molar-refractivity contribution in [2.45, 2.75) is 71.1 Å². The van der Waals surface area contributed by atoms with Crippen LogP contribution in [-0.4, -0.2) is 27.9 Å². The summed E-state index contributed by atoms with van der Waals surface area (Å²) < 4.78 is 0. The average Bonchev–Trinajstić information content (AvgIpc) is 2.92. The Labute approximate surface area is 249 Å². The molecule has 2 aliphatic rings. The standard InChI is InChI=1S/C13H17NO.C13H16O.C2H4O2.ClH.H3NO.Na/c15-14-13(11-7-3-1-4-8-11)12-9-5-2-6-10-12;14-13(11-7-3-1-4-8-11)12-9-5-2-6-10-12;1-2(3)4;;1-2;/h1,3-4,7-8,12,15H,2,5-6,9-10H2;1,3-4,7-8,12H,2,5-6,9-10H2;1H3,(H,3,4);1H;2H,1H2;/q;;;;;+1/p-1. The molecular weight excluding hydrogens is 503 g/mol. The van der Waals surface area contributed by atoms with Gasteiger partial charge in [0, 0.05) is 23.4 Å². The van der Waals surface area contributed by atoms with Crippen LogP contribution in [0.3, 0.4) is 0 Å². The Balaban J connectivity index is 0. The monoisotopic (exact) mass is 542 g/mol. The number of hydrogen-bond donors (Lipinski definition) is 3. The minimum absolute atomic E-state index is 0. The number of halogens is 1. The van der Waals surface area contributed by atoms with Gasteiger partial charge >= 0.3 is 29.6 Å². The van der Waals surface area contributed by atoms with E-state index in [2.05, 4.69) is 11.1 Å². The SMILES string of the molecule is CC(=O)[O-].Cl.NO.O=C(c1ccccc1)C1CCCCC1.ON=C(c1ccccc1)C1CCCCC1.[Na+]. The van der Waals surface area contributed by atoms with Gasteiger partial charge in [0.1, 0.15) is 0 Å². The summed E-state index contributed by atoms with van der Waals surface area (Å²) in [6.07, 6.45) is 12.1. The summed E-state index contributed by atoms with van der Waals surface area (Å²) in [5, 5.41) is 28.0. The van der Waals surface area contributed by atoms with E-state index in [1.807, 2.05) is 60.7 Å². The normalized spacial score (nSPS) is 15.4. The molecule has 7 nitrogen and oxygen atoms in total. The van der Waals surface area contributed by atoms with Crippen LogP contribution in [0.25, 0.3) is 0 Å². The maximum atomic E-state index is 12.0. The number of carboxylic acid groups (broad SMARTS) is 1. The van der Waals surface area contributed by atoms with Gasteiger partial charge in [-0.15, -0.1) is 12.4 Å². The summed E-state index contributed by atoms with van der Waals surface area (Å²) in [5.74, 6) is 3.52. The second-order valence-corrected chi connectivity index (χ2v) is 8.74. The molecule has 0 unspecified atom stereocenters. The van der Waals surface area contributed by atoms with E-state index >= 15 is 0 Å². The molecule has 0 amide bonds. The minimum Gasteiger partial charge on any atom is -0.550 e. The molecule has 9 heteroatoms. The third kappa shape index (κ3) is 15.3. The molecule has 2 fully saturated rings. The summed E-state index contributed by atoms with van der Waals surface area (Å²) in [4.78, 5) is 20.9. The Kier molecular flexibility index (Phi) is 23.6. The van der Waals surface area contributed by atoms with Crippen LogP contribution in [-0.2, 0) is 4.79 Å². The zero-order valence-electron chi connectivity index (χ0n) is 22.1. The van der Waals surface area contributed by atoms with Gasteiger partial charge < -0.3 is 20.3 Å². The van der Waals surface area contributed by atoms with E-state index in [0.29, 0.717) is 17.6 Å². The molecule has 2 saturated carbocycles. The van der Waals surface area contributed by atoms with E-state index < -0.39 is 5.97 Å². The molecule has 0 saturated heterocycles. The largest absolute Gasteiger partial charge is 1.00 e. The van der Waals surface area contributed by atoms with Crippen molar-refractivity contribution in [1.82, 2.24) is 0 Å². The van der Waals surface area contributed by atoms with Crippen molar-refractivity contribution in [2.24, 2.45) is 22.9 Å². The van der Waals surface area contributed by atoms with Gasteiger partial charge in [-0.2, -0.15) is 0 Å². The van der Waals surface area contributed by atoms with Crippen LogP contribution in [0.1, 0.15) is 87.1 Å². The second-order valence-electron chi connectivity index (χ2n) is 8.74. The third-order valence-electron chi connectivity index (χ3n) is 6.20. The summed E-state index contributed by atoms with van der Waals surface area (Å²) >= 11 is 0. The van der Waals surface area contributed by atoms with Gasteiger partial charge in [0.2, 0.25) is 0 Å². The van der Waals surface area contributed by atoms with E-state index in [-0.39, 0.29) is 42.0 Å². The number of nitrogens with two attached hydrogens (primary N) is 1. The topological polar surface area (TPSA) is 136 Å². The Morgan fingerprint density at radius 1 is 0.757 bits per heavy atom. The van der Waals surface area contributed by atoms with Crippen LogP contribution in [0.4, 0.5) is 0 Å². The maximum absolute atomic E-state index is 12.0. The molecule has 2 aliphatic carbocycles. The molecule has 0 aromatic heterocycles. The molecular formula is C28H40ClN2NaO5. The number of nitrogens with zero attached hydrogens (tertiary/aromatic N) is 1. The molecule has 0 spiro atoms. The Morgan fingerprint density at radius 3 is 1.49 bits per heavy atom. The number of carbonyl (C=O) groups is 2. The summed E-state index contributed by atoms with van der Waals surface area (Å²) in [6, 6.07) is 19.7. The third-order valence-corrected chi connectivity index (χ3v) is 6.20. The summed E-state index contributed by atoms with van der Waals surface area (Å²) in [5.41, 5.74) is 2.82. The molecule has 0 heterocycles. The van der Waals surface area contributed by atoms with Gasteiger partial charge in [-0.3, -0.25) is 4.79 Å². The zero-order chi connectivity index (χ0) is 25.9. The van der Waals surface area contributed by atoms with Crippen LogP contribution in [0.5, 0.6) is 0 Å². The van der Waals surface area contributed by atoms with Crippen molar-refractivity contribution in [1.29, 1.82) is 0 Å². The first-order valence-electron chi connectivity index (χ1n) is 12.3. The van der Waals surface area contributed by atoms with Gasteiger partial charge in [-0.05, 0) is 38.2 Å². The van der Waals surface area contributed by atoms with Crippen LogP contribution in [0.2, 0.25) is 0 Å². The molecule has 37 heavy (non-hydrogen) atoms. The molecule has 0 aliphatic heterocycles. The number of hydrogen-bond acceptors (Lipinski definition) is 7. The van der Waals surface area contributed by atoms with Crippen molar-refractivity contribution in [3.63, 3.8) is 0 Å². The number of Topliss-reactive ketones (excluding diaryl/α,β-unsaturated/α-hetero) is 1. The van der Waals surface area contributed by atoms with E-state index in [9.17, 15) is 4.79 Å². The number of oxime groups is 1. The number of benzene rings is 2. The molecule has 0 atom stereocenters. The first-order chi connectivity index (χ1) is 17.0. The molecule has 4 rings (SSSR count). The summed E-state index contributed by atoms with van der Waals surface area (Å²) in [7, 11) is 0. The second kappa shape index (κ2) is 23.4. The number of carbonyl (C=O) groups excluding carboxylic acids is 2. The van der Waals surface area contributed by atoms with E-state index in [1.54, 1.807) is 0 Å². The molecule has 200 valence electrons. The van der Waals surface area contributed by atoms with Gasteiger partial charge in [-0.25, -0.2) is 5.90 Å². The Hall–Kier alpha value is -1.74. The first-order valence-corrected chi connectivity index (χ1v) is 12.3. The Morgan fingerprint density at radius 2 is 1.11 bits per heavy atom. The molecule has 4 N–H and O–H groups in total. The number of rotatable bonds is 4. The molecule has 2 aromatic carbocycles. The maximum Gasteiger partial charge on any atom is 1.00 e. The fourth-order valence-electron chi connectivity index (χ4n) is 4.56. The Bertz CT molecular complexity index is 869. The quantitative estimate of drug-likeness (QED) is 0.178. The van der Waals surface area contributed by atoms with Crippen molar-refractivity contribution in [3.8, 4) is 0 Å². The van der Waals surface area contributed by atoms with Crippen LogP contribution >= 0.6 is 12.4 Å². The number of ketones is 1. The van der Waals surface area contributed by atoms with E-state index in [0.717, 1.165) is 49.4 Å². The predicted octanol–water partition coefficient (Wildman–Crippen LogP) is 2.41. The van der Waals surface area contributed by atoms with Gasteiger partial charge in [0.15, 0.2) is 5.78 Å². The van der Waals surface area contributed by atoms with Crippen LogP contribution in [0, 0.1) is 11.8 Å². The fraction of sp³-hybridized carbons (Fsp3) is 0.464. The zero-order valence-corrected chi connectivity index (χ0v) is 24.9. The first kappa shape index (κ1) is 37.4. The number of carboxylic acids is 1. The molecule has 0 bridgehead atoms. The van der Waals surface area contributed by atoms with Crippen molar-refractivity contribution >= 4 is 29.9 Å². The van der Waals surface area contributed by atoms with E-state index in [4.69, 9.17) is 20.3 Å². The number of aliphatic carboxylic acids is 1. The predicted molar refractivity (Wildman–Crippen MR) is 143 cm³/mol. The average molecular weight is 543 g/mol. The van der Waals surface area contributed by atoms with Crippen molar-refractivity contribution in [2.75, 3.05) is 0 Å². The smallest absolute Gasteiger partial charge is 0.550 e. The minimum atomic E-state index is -1.08. The van der Waals surface area contributed by atoms with E-state index in [1.165, 1.54) is 38.5 Å². The fourth-order valence-corrected chi connectivity index (χ4v) is 4.56.